The Morgan fingerprint density at radius 3 is 2.79 bits per heavy atom. The molecule has 0 spiro atoms. The van der Waals surface area contributed by atoms with Crippen molar-refractivity contribution in [1.82, 2.24) is 0 Å². The second kappa shape index (κ2) is 5.70. The minimum atomic E-state index is -0.0100. The van der Waals surface area contributed by atoms with Gasteiger partial charge in [-0.25, -0.2) is 0 Å². The third-order valence-electron chi connectivity index (χ3n) is 2.70. The highest BCUT2D eigenvalue weighted by Gasteiger charge is 2.40. The Bertz CT molecular complexity index is 227. The van der Waals surface area contributed by atoms with E-state index in [9.17, 15) is 4.79 Å². The molecule has 0 saturated carbocycles. The molecule has 0 aliphatic carbocycles. The van der Waals surface area contributed by atoms with Gasteiger partial charge in [0.2, 0.25) is 0 Å². The van der Waals surface area contributed by atoms with E-state index in [1.165, 1.54) is 0 Å². The normalized spacial score (nSPS) is 25.0. The zero-order valence-electron chi connectivity index (χ0n) is 8.79. The second-order valence-electron chi connectivity index (χ2n) is 3.82. The number of cyclic esters (lactones) is 1. The average molecular weight is 194 g/mol. The zero-order chi connectivity index (χ0) is 10.4. The molecule has 0 aromatic carbocycles. The smallest absolute Gasteiger partial charge is 0.313 e. The van der Waals surface area contributed by atoms with Crippen LogP contribution in [0.1, 0.15) is 45.4 Å². The molecule has 2 heteroatoms. The van der Waals surface area contributed by atoms with Gasteiger partial charge in [-0.05, 0) is 19.3 Å². The van der Waals surface area contributed by atoms with Crippen molar-refractivity contribution in [3.8, 4) is 12.3 Å². The first kappa shape index (κ1) is 11.1. The largest absolute Gasteiger partial charge is 0.461 e. The molecule has 0 aromatic heterocycles. The molecule has 0 aromatic rings. The van der Waals surface area contributed by atoms with Crippen LogP contribution in [0.3, 0.4) is 0 Å². The van der Waals surface area contributed by atoms with E-state index < -0.39 is 0 Å². The van der Waals surface area contributed by atoms with E-state index in [0.29, 0.717) is 0 Å². The third kappa shape index (κ3) is 2.77. The molecule has 0 unspecified atom stereocenters. The van der Waals surface area contributed by atoms with Gasteiger partial charge in [0.1, 0.15) is 6.10 Å². The van der Waals surface area contributed by atoms with Crippen LogP contribution >= 0.6 is 0 Å². The summed E-state index contributed by atoms with van der Waals surface area (Å²) < 4.78 is 5.09. The highest BCUT2D eigenvalue weighted by atomic mass is 16.6. The van der Waals surface area contributed by atoms with Crippen LogP contribution < -0.4 is 0 Å². The van der Waals surface area contributed by atoms with E-state index in [1.807, 2.05) is 0 Å². The fraction of sp³-hybridized carbons (Fsp3) is 0.750. The van der Waals surface area contributed by atoms with E-state index in [-0.39, 0.29) is 18.0 Å². The number of ether oxygens (including phenoxy) is 1. The lowest BCUT2D eigenvalue weighted by Crippen LogP contribution is -2.44. The Kier molecular flexibility index (Phi) is 4.52. The van der Waals surface area contributed by atoms with Gasteiger partial charge in [0.25, 0.3) is 0 Å². The van der Waals surface area contributed by atoms with Crippen molar-refractivity contribution >= 4 is 5.97 Å². The summed E-state index contributed by atoms with van der Waals surface area (Å²) in [7, 11) is 0. The number of esters is 1. The van der Waals surface area contributed by atoms with Gasteiger partial charge in [-0.3, -0.25) is 4.79 Å². The van der Waals surface area contributed by atoms with Crippen molar-refractivity contribution in [2.75, 3.05) is 0 Å². The topological polar surface area (TPSA) is 26.3 Å². The van der Waals surface area contributed by atoms with Crippen LogP contribution in [-0.2, 0) is 9.53 Å². The van der Waals surface area contributed by atoms with Crippen molar-refractivity contribution in [1.29, 1.82) is 0 Å². The first-order valence-corrected chi connectivity index (χ1v) is 5.43. The summed E-state index contributed by atoms with van der Waals surface area (Å²) in [5, 5.41) is 0. The van der Waals surface area contributed by atoms with Gasteiger partial charge in [-0.2, -0.15) is 0 Å². The van der Waals surface area contributed by atoms with Crippen LogP contribution in [0.2, 0.25) is 0 Å². The molecular formula is C12H18O2. The molecular weight excluding hydrogens is 176 g/mol. The quantitative estimate of drug-likeness (QED) is 0.369. The number of terminal acetylenes is 1. The molecule has 1 aliphatic heterocycles. The number of carbonyl (C=O) groups excluding carboxylic acids is 1. The predicted molar refractivity (Wildman–Crippen MR) is 55.6 cm³/mol. The Labute approximate surface area is 86.0 Å². The zero-order valence-corrected chi connectivity index (χ0v) is 8.79. The molecule has 0 N–H and O–H groups in total. The van der Waals surface area contributed by atoms with Crippen LogP contribution in [0.4, 0.5) is 0 Å². The van der Waals surface area contributed by atoms with E-state index in [1.54, 1.807) is 0 Å². The Morgan fingerprint density at radius 2 is 2.21 bits per heavy atom. The monoisotopic (exact) mass is 194 g/mol. The van der Waals surface area contributed by atoms with Crippen LogP contribution in [0.15, 0.2) is 0 Å². The summed E-state index contributed by atoms with van der Waals surface area (Å²) in [6, 6.07) is 0. The maximum Gasteiger partial charge on any atom is 0.313 e. The van der Waals surface area contributed by atoms with Crippen LogP contribution in [0, 0.1) is 18.3 Å². The van der Waals surface area contributed by atoms with E-state index in [0.717, 1.165) is 38.5 Å². The fourth-order valence-corrected chi connectivity index (χ4v) is 1.79. The standard InChI is InChI=1S/C12H18O2/c1-3-5-7-9-11-10(8-6-4-2)12(13)14-11/h1,10-11H,4-9H2,2H3/t10-,11-/m0/s1. The average Bonchev–Trinajstić information content (AvgIpc) is 2.17. The highest BCUT2D eigenvalue weighted by Crippen LogP contribution is 2.30. The number of rotatable bonds is 6. The Morgan fingerprint density at radius 1 is 1.43 bits per heavy atom. The minimum absolute atomic E-state index is 0.0100. The first-order valence-electron chi connectivity index (χ1n) is 5.43. The molecule has 1 aliphatic rings. The molecule has 2 nitrogen and oxygen atoms in total. The molecule has 0 amide bonds. The highest BCUT2D eigenvalue weighted by molar-refractivity contribution is 5.78. The van der Waals surface area contributed by atoms with Crippen LogP contribution in [-0.4, -0.2) is 12.1 Å². The summed E-state index contributed by atoms with van der Waals surface area (Å²) in [6.45, 7) is 2.14. The van der Waals surface area contributed by atoms with Crippen molar-refractivity contribution in [3.63, 3.8) is 0 Å². The molecule has 2 atom stereocenters. The molecule has 0 radical (unpaired) electrons. The van der Waals surface area contributed by atoms with E-state index >= 15 is 0 Å². The first-order chi connectivity index (χ1) is 6.79. The fourth-order valence-electron chi connectivity index (χ4n) is 1.79. The van der Waals surface area contributed by atoms with Gasteiger partial charge in [-0.1, -0.05) is 19.8 Å². The number of carbonyl (C=O) groups is 1. The van der Waals surface area contributed by atoms with E-state index in [4.69, 9.17) is 11.2 Å². The van der Waals surface area contributed by atoms with Crippen molar-refractivity contribution in [2.45, 2.75) is 51.6 Å². The third-order valence-corrected chi connectivity index (χ3v) is 2.70. The summed E-state index contributed by atoms with van der Waals surface area (Å²) in [5.74, 6) is 2.75. The molecule has 1 heterocycles. The summed E-state index contributed by atoms with van der Waals surface area (Å²) in [5.41, 5.74) is 0. The summed E-state index contributed by atoms with van der Waals surface area (Å²) in [4.78, 5) is 11.1. The van der Waals surface area contributed by atoms with Gasteiger partial charge < -0.3 is 4.74 Å². The van der Waals surface area contributed by atoms with Gasteiger partial charge >= 0.3 is 5.97 Å². The number of hydrogen-bond donors (Lipinski definition) is 0. The lowest BCUT2D eigenvalue weighted by molar-refractivity contribution is -0.186. The lowest BCUT2D eigenvalue weighted by atomic mass is 9.88. The molecule has 78 valence electrons. The van der Waals surface area contributed by atoms with Crippen LogP contribution in [0.5, 0.6) is 0 Å². The summed E-state index contributed by atoms with van der Waals surface area (Å²) >= 11 is 0. The van der Waals surface area contributed by atoms with Gasteiger partial charge in [0.15, 0.2) is 0 Å². The van der Waals surface area contributed by atoms with Crippen molar-refractivity contribution in [3.05, 3.63) is 0 Å². The van der Waals surface area contributed by atoms with Gasteiger partial charge in [-0.15, -0.1) is 12.3 Å². The number of hydrogen-bond acceptors (Lipinski definition) is 2. The van der Waals surface area contributed by atoms with Gasteiger partial charge in [0, 0.05) is 6.42 Å². The van der Waals surface area contributed by atoms with Crippen molar-refractivity contribution in [2.24, 2.45) is 5.92 Å². The Hall–Kier alpha value is -0.970. The number of unbranched alkanes of at least 4 members (excludes halogenated alkanes) is 2. The molecule has 0 bridgehead atoms. The molecule has 14 heavy (non-hydrogen) atoms. The maximum absolute atomic E-state index is 11.1. The SMILES string of the molecule is C#CCCC[C@@H]1OC(=O)[C@H]1CCCC. The van der Waals surface area contributed by atoms with Crippen molar-refractivity contribution < 1.29 is 9.53 Å². The second-order valence-corrected chi connectivity index (χ2v) is 3.82. The maximum atomic E-state index is 11.1. The molecule has 1 saturated heterocycles. The minimum Gasteiger partial charge on any atom is -0.461 e. The Balaban J connectivity index is 2.19. The van der Waals surface area contributed by atoms with Crippen LogP contribution in [0.25, 0.3) is 0 Å². The van der Waals surface area contributed by atoms with E-state index in [2.05, 4.69) is 12.8 Å². The lowest BCUT2D eigenvalue weighted by Gasteiger charge is -2.35. The molecule has 1 rings (SSSR count). The predicted octanol–water partition coefficient (Wildman–Crippen LogP) is 2.52. The van der Waals surface area contributed by atoms with Gasteiger partial charge in [0.05, 0.1) is 5.92 Å². The summed E-state index contributed by atoms with van der Waals surface area (Å²) in [6.07, 6.45) is 11.2. The molecule has 1 fully saturated rings.